The fourth-order valence-corrected chi connectivity index (χ4v) is 2.91. The fourth-order valence-electron chi connectivity index (χ4n) is 2.91. The van der Waals surface area contributed by atoms with Crippen molar-refractivity contribution in [2.24, 2.45) is 0 Å². The van der Waals surface area contributed by atoms with Gasteiger partial charge in [-0.1, -0.05) is 6.92 Å². The van der Waals surface area contributed by atoms with Gasteiger partial charge in [0.1, 0.15) is 11.4 Å². The highest BCUT2D eigenvalue weighted by atomic mass is 16.5. The molecule has 0 aliphatic carbocycles. The molecule has 0 N–H and O–H groups in total. The topological polar surface area (TPSA) is 45.7 Å². The Kier molecular flexibility index (Phi) is 5.17. The number of carbonyl (C=O) groups is 1. The van der Waals surface area contributed by atoms with Gasteiger partial charge >= 0.3 is 0 Å². The minimum absolute atomic E-state index is 0.00393. The zero-order valence-corrected chi connectivity index (χ0v) is 13.4. The standard InChI is InChI=1S/C16H25N3O2/c1-5-13-11-18(8-9-19(13)12(2)3)16(20)15-10-14(21-4)6-7-17-15/h6-7,10,12-13H,5,8-9,11H2,1-4H3/t13-/m1/s1. The summed E-state index contributed by atoms with van der Waals surface area (Å²) < 4.78 is 5.16. The summed E-state index contributed by atoms with van der Waals surface area (Å²) in [6.07, 6.45) is 2.67. The van der Waals surface area contributed by atoms with Gasteiger partial charge in [0.15, 0.2) is 0 Å². The Morgan fingerprint density at radius 3 is 2.86 bits per heavy atom. The molecule has 1 aromatic heterocycles. The molecule has 2 heterocycles. The van der Waals surface area contributed by atoms with Gasteiger partial charge < -0.3 is 9.64 Å². The number of pyridine rings is 1. The van der Waals surface area contributed by atoms with Crippen molar-refractivity contribution in [3.63, 3.8) is 0 Å². The number of amides is 1. The van der Waals surface area contributed by atoms with E-state index in [0.717, 1.165) is 26.1 Å². The maximum Gasteiger partial charge on any atom is 0.272 e. The van der Waals surface area contributed by atoms with E-state index in [1.165, 1.54) is 0 Å². The molecule has 1 fully saturated rings. The van der Waals surface area contributed by atoms with Crippen molar-refractivity contribution in [2.45, 2.75) is 39.3 Å². The molecular weight excluding hydrogens is 266 g/mol. The third-order valence-electron chi connectivity index (χ3n) is 4.14. The summed E-state index contributed by atoms with van der Waals surface area (Å²) >= 11 is 0. The van der Waals surface area contributed by atoms with Crippen LogP contribution in [0.15, 0.2) is 18.3 Å². The second-order valence-electron chi connectivity index (χ2n) is 5.73. The van der Waals surface area contributed by atoms with Gasteiger partial charge in [-0.2, -0.15) is 0 Å². The molecule has 0 radical (unpaired) electrons. The number of rotatable bonds is 4. The van der Waals surface area contributed by atoms with Crippen molar-refractivity contribution in [1.29, 1.82) is 0 Å². The smallest absolute Gasteiger partial charge is 0.272 e. The van der Waals surface area contributed by atoms with Crippen LogP contribution in [0, 0.1) is 0 Å². The Morgan fingerprint density at radius 1 is 1.48 bits per heavy atom. The average molecular weight is 291 g/mol. The maximum atomic E-state index is 12.6. The Balaban J connectivity index is 2.10. The molecule has 5 heteroatoms. The first-order valence-corrected chi connectivity index (χ1v) is 7.61. The fraction of sp³-hybridized carbons (Fsp3) is 0.625. The number of aromatic nitrogens is 1. The van der Waals surface area contributed by atoms with Crippen molar-refractivity contribution in [3.8, 4) is 5.75 Å². The number of hydrogen-bond acceptors (Lipinski definition) is 4. The van der Waals surface area contributed by atoms with Crippen molar-refractivity contribution in [1.82, 2.24) is 14.8 Å². The molecule has 0 saturated carbocycles. The van der Waals surface area contributed by atoms with Crippen molar-refractivity contribution >= 4 is 5.91 Å². The SMILES string of the molecule is CC[C@@H]1CN(C(=O)c2cc(OC)ccn2)CCN1C(C)C. The summed E-state index contributed by atoms with van der Waals surface area (Å²) in [5.41, 5.74) is 0.460. The van der Waals surface area contributed by atoms with E-state index in [1.807, 2.05) is 4.90 Å². The Morgan fingerprint density at radius 2 is 2.24 bits per heavy atom. The molecule has 1 aliphatic heterocycles. The molecule has 1 saturated heterocycles. The van der Waals surface area contributed by atoms with Crippen LogP contribution >= 0.6 is 0 Å². The lowest BCUT2D eigenvalue weighted by Gasteiger charge is -2.43. The van der Waals surface area contributed by atoms with Gasteiger partial charge in [0.2, 0.25) is 0 Å². The zero-order chi connectivity index (χ0) is 15.4. The first-order chi connectivity index (χ1) is 10.1. The maximum absolute atomic E-state index is 12.6. The largest absolute Gasteiger partial charge is 0.497 e. The molecule has 1 amide bonds. The Hall–Kier alpha value is -1.62. The van der Waals surface area contributed by atoms with E-state index in [2.05, 4.69) is 30.7 Å². The molecule has 1 aromatic rings. The van der Waals surface area contributed by atoms with Crippen LogP contribution in [0.2, 0.25) is 0 Å². The Bertz CT molecular complexity index is 490. The van der Waals surface area contributed by atoms with Crippen LogP contribution in [0.3, 0.4) is 0 Å². The van der Waals surface area contributed by atoms with E-state index >= 15 is 0 Å². The monoisotopic (exact) mass is 291 g/mol. The molecule has 5 nitrogen and oxygen atoms in total. The lowest BCUT2D eigenvalue weighted by molar-refractivity contribution is 0.0367. The molecule has 1 atom stereocenters. The third-order valence-corrected chi connectivity index (χ3v) is 4.14. The van der Waals surface area contributed by atoms with E-state index in [0.29, 0.717) is 23.5 Å². The van der Waals surface area contributed by atoms with Gasteiger partial charge in [-0.05, 0) is 26.3 Å². The van der Waals surface area contributed by atoms with Gasteiger partial charge in [-0.25, -0.2) is 0 Å². The number of nitrogens with zero attached hydrogens (tertiary/aromatic N) is 3. The van der Waals surface area contributed by atoms with E-state index in [4.69, 9.17) is 4.74 Å². The highest BCUT2D eigenvalue weighted by Gasteiger charge is 2.30. The van der Waals surface area contributed by atoms with Gasteiger partial charge in [0.05, 0.1) is 7.11 Å². The predicted molar refractivity (Wildman–Crippen MR) is 82.6 cm³/mol. The van der Waals surface area contributed by atoms with Gasteiger partial charge in [0, 0.05) is 44.0 Å². The zero-order valence-electron chi connectivity index (χ0n) is 13.4. The minimum Gasteiger partial charge on any atom is -0.497 e. The number of carbonyl (C=O) groups excluding carboxylic acids is 1. The Labute approximate surface area is 126 Å². The van der Waals surface area contributed by atoms with Crippen molar-refractivity contribution in [2.75, 3.05) is 26.7 Å². The van der Waals surface area contributed by atoms with E-state index < -0.39 is 0 Å². The first kappa shape index (κ1) is 15.8. The van der Waals surface area contributed by atoms with Crippen LogP contribution in [0.1, 0.15) is 37.7 Å². The van der Waals surface area contributed by atoms with Crippen LogP contribution < -0.4 is 4.74 Å². The van der Waals surface area contributed by atoms with Crippen LogP contribution in [0.25, 0.3) is 0 Å². The van der Waals surface area contributed by atoms with Crippen LogP contribution in [0.5, 0.6) is 5.75 Å². The summed E-state index contributed by atoms with van der Waals surface area (Å²) in [6, 6.07) is 4.40. The summed E-state index contributed by atoms with van der Waals surface area (Å²) in [7, 11) is 1.60. The van der Waals surface area contributed by atoms with Crippen LogP contribution in [-0.4, -0.2) is 59.5 Å². The summed E-state index contributed by atoms with van der Waals surface area (Å²) in [5.74, 6) is 0.664. The molecule has 0 aromatic carbocycles. The van der Waals surface area contributed by atoms with Crippen molar-refractivity contribution in [3.05, 3.63) is 24.0 Å². The highest BCUT2D eigenvalue weighted by Crippen LogP contribution is 2.18. The highest BCUT2D eigenvalue weighted by molar-refractivity contribution is 5.92. The second-order valence-corrected chi connectivity index (χ2v) is 5.73. The average Bonchev–Trinajstić information content (AvgIpc) is 2.53. The summed E-state index contributed by atoms with van der Waals surface area (Å²) in [4.78, 5) is 21.2. The lowest BCUT2D eigenvalue weighted by atomic mass is 10.1. The number of ether oxygens (including phenoxy) is 1. The predicted octanol–water partition coefficient (Wildman–Crippen LogP) is 2.04. The first-order valence-electron chi connectivity index (χ1n) is 7.61. The van der Waals surface area contributed by atoms with Crippen LogP contribution in [-0.2, 0) is 0 Å². The van der Waals surface area contributed by atoms with E-state index in [1.54, 1.807) is 25.4 Å². The molecule has 0 spiro atoms. The second kappa shape index (κ2) is 6.89. The normalized spacial score (nSPS) is 19.9. The molecule has 0 unspecified atom stereocenters. The lowest BCUT2D eigenvalue weighted by Crippen LogP contribution is -2.56. The number of methoxy groups -OCH3 is 1. The van der Waals surface area contributed by atoms with E-state index in [-0.39, 0.29) is 5.91 Å². The van der Waals surface area contributed by atoms with Crippen LogP contribution in [0.4, 0.5) is 0 Å². The number of hydrogen-bond donors (Lipinski definition) is 0. The van der Waals surface area contributed by atoms with Gasteiger partial charge in [0.25, 0.3) is 5.91 Å². The molecule has 21 heavy (non-hydrogen) atoms. The minimum atomic E-state index is -0.00393. The van der Waals surface area contributed by atoms with Gasteiger partial charge in [-0.3, -0.25) is 14.7 Å². The molecule has 116 valence electrons. The third kappa shape index (κ3) is 3.53. The number of piperazine rings is 1. The van der Waals surface area contributed by atoms with Gasteiger partial charge in [-0.15, -0.1) is 0 Å². The molecule has 2 rings (SSSR count). The quantitative estimate of drug-likeness (QED) is 0.851. The molecular formula is C16H25N3O2. The summed E-state index contributed by atoms with van der Waals surface area (Å²) in [6.45, 7) is 9.05. The van der Waals surface area contributed by atoms with E-state index in [9.17, 15) is 4.79 Å². The van der Waals surface area contributed by atoms with Crippen molar-refractivity contribution < 1.29 is 9.53 Å². The molecule has 0 bridgehead atoms. The molecule has 1 aliphatic rings. The summed E-state index contributed by atoms with van der Waals surface area (Å²) in [5, 5.41) is 0.